The highest BCUT2D eigenvalue weighted by Crippen LogP contribution is 2.07. The van der Waals surface area contributed by atoms with E-state index in [1.165, 1.54) is 5.69 Å². The number of rotatable bonds is 6. The highest BCUT2D eigenvalue weighted by Gasteiger charge is 2.05. The molecule has 0 aromatic carbocycles. The summed E-state index contributed by atoms with van der Waals surface area (Å²) in [6.07, 6.45) is 4.94. The van der Waals surface area contributed by atoms with Gasteiger partial charge in [0.25, 0.3) is 0 Å². The Morgan fingerprint density at radius 2 is 2.11 bits per heavy atom. The van der Waals surface area contributed by atoms with E-state index in [2.05, 4.69) is 46.1 Å². The molecule has 1 N–H and O–H groups in total. The first-order chi connectivity index (χ1) is 8.72. The van der Waals surface area contributed by atoms with Gasteiger partial charge in [0.15, 0.2) is 0 Å². The van der Waals surface area contributed by atoms with Crippen molar-refractivity contribution < 1.29 is 0 Å². The van der Waals surface area contributed by atoms with Gasteiger partial charge in [-0.15, -0.1) is 0 Å². The molecule has 0 aliphatic rings. The molecule has 0 amide bonds. The molecule has 0 fully saturated rings. The van der Waals surface area contributed by atoms with Gasteiger partial charge in [-0.05, 0) is 19.0 Å². The van der Waals surface area contributed by atoms with Crippen LogP contribution in [-0.2, 0) is 26.6 Å². The van der Waals surface area contributed by atoms with Gasteiger partial charge in [0, 0.05) is 19.8 Å². The normalized spacial score (nSPS) is 11.1. The van der Waals surface area contributed by atoms with Crippen molar-refractivity contribution in [1.29, 1.82) is 0 Å². The van der Waals surface area contributed by atoms with Crippen LogP contribution in [0.2, 0.25) is 0 Å². The van der Waals surface area contributed by atoms with Gasteiger partial charge < -0.3 is 9.88 Å². The summed E-state index contributed by atoms with van der Waals surface area (Å²) >= 11 is 0. The molecule has 0 unspecified atom stereocenters. The molecule has 0 radical (unpaired) electrons. The molecule has 0 aliphatic carbocycles. The van der Waals surface area contributed by atoms with Crippen molar-refractivity contribution in [1.82, 2.24) is 24.6 Å². The molecular weight excluding hydrogens is 226 g/mol. The predicted octanol–water partition coefficient (Wildman–Crippen LogP) is 1.34. The van der Waals surface area contributed by atoms with Crippen LogP contribution in [0, 0.1) is 0 Å². The summed E-state index contributed by atoms with van der Waals surface area (Å²) in [7, 11) is 1.99. The predicted molar refractivity (Wildman–Crippen MR) is 71.3 cm³/mol. The summed E-state index contributed by atoms with van der Waals surface area (Å²) in [6, 6.07) is 2.16. The van der Waals surface area contributed by atoms with Crippen LogP contribution in [0.5, 0.6) is 0 Å². The molecule has 0 saturated heterocycles. The Labute approximate surface area is 108 Å². The molecule has 0 atom stereocenters. The highest BCUT2D eigenvalue weighted by molar-refractivity contribution is 5.11. The summed E-state index contributed by atoms with van der Waals surface area (Å²) in [6.45, 7) is 6.84. The topological polar surface area (TPSA) is 47.7 Å². The first-order valence-electron chi connectivity index (χ1n) is 6.46. The number of hydrogen-bond donors (Lipinski definition) is 1. The van der Waals surface area contributed by atoms with E-state index in [0.717, 1.165) is 37.4 Å². The van der Waals surface area contributed by atoms with E-state index in [0.29, 0.717) is 0 Å². The molecule has 5 heteroatoms. The lowest BCUT2D eigenvalue weighted by Crippen LogP contribution is -2.11. The van der Waals surface area contributed by atoms with E-state index in [-0.39, 0.29) is 0 Å². The van der Waals surface area contributed by atoms with Crippen molar-refractivity contribution in [3.8, 4) is 0 Å². The third-order valence-corrected chi connectivity index (χ3v) is 2.98. The highest BCUT2D eigenvalue weighted by atomic mass is 15.3. The molecule has 0 spiro atoms. The standard InChI is InChI=1S/C13H21N5/c1-4-11-6-13(17(3)16-11)9-18-8-12(15-10-18)7-14-5-2/h6,8,10,14H,4-5,7,9H2,1-3H3. The van der Waals surface area contributed by atoms with Crippen LogP contribution >= 0.6 is 0 Å². The Hall–Kier alpha value is -1.62. The van der Waals surface area contributed by atoms with Gasteiger partial charge in [-0.2, -0.15) is 5.10 Å². The number of hydrogen-bond acceptors (Lipinski definition) is 3. The largest absolute Gasteiger partial charge is 0.331 e. The van der Waals surface area contributed by atoms with Gasteiger partial charge in [-0.25, -0.2) is 4.98 Å². The first-order valence-corrected chi connectivity index (χ1v) is 6.46. The minimum atomic E-state index is 0.822. The fourth-order valence-corrected chi connectivity index (χ4v) is 1.92. The fourth-order valence-electron chi connectivity index (χ4n) is 1.92. The van der Waals surface area contributed by atoms with Crippen LogP contribution in [0.3, 0.4) is 0 Å². The summed E-state index contributed by atoms with van der Waals surface area (Å²) in [5.74, 6) is 0. The number of aryl methyl sites for hydroxylation is 2. The van der Waals surface area contributed by atoms with Crippen LogP contribution in [0.4, 0.5) is 0 Å². The van der Waals surface area contributed by atoms with Crippen LogP contribution in [0.25, 0.3) is 0 Å². The van der Waals surface area contributed by atoms with Crippen molar-refractivity contribution in [2.75, 3.05) is 6.54 Å². The minimum absolute atomic E-state index is 0.822. The molecule has 0 aliphatic heterocycles. The smallest absolute Gasteiger partial charge is 0.0953 e. The second-order valence-corrected chi connectivity index (χ2v) is 4.42. The molecule has 2 aromatic rings. The van der Waals surface area contributed by atoms with Gasteiger partial charge in [0.05, 0.1) is 30.0 Å². The zero-order valence-electron chi connectivity index (χ0n) is 11.3. The van der Waals surface area contributed by atoms with Gasteiger partial charge in [-0.3, -0.25) is 4.68 Å². The SMILES string of the molecule is CCNCc1cn(Cc2cc(CC)nn2C)cn1. The molecule has 2 heterocycles. The molecule has 0 bridgehead atoms. The van der Waals surface area contributed by atoms with E-state index in [1.54, 1.807) is 0 Å². The number of aromatic nitrogens is 4. The number of nitrogens with one attached hydrogen (secondary N) is 1. The van der Waals surface area contributed by atoms with Crippen LogP contribution in [0.1, 0.15) is 30.9 Å². The zero-order valence-corrected chi connectivity index (χ0v) is 11.3. The summed E-state index contributed by atoms with van der Waals surface area (Å²) in [5.41, 5.74) is 3.43. The van der Waals surface area contributed by atoms with Crippen LogP contribution in [-0.4, -0.2) is 25.9 Å². The molecule has 98 valence electrons. The average molecular weight is 247 g/mol. The van der Waals surface area contributed by atoms with Crippen molar-refractivity contribution in [2.24, 2.45) is 7.05 Å². The first kappa shape index (κ1) is 12.8. The quantitative estimate of drug-likeness (QED) is 0.838. The maximum Gasteiger partial charge on any atom is 0.0953 e. The van der Waals surface area contributed by atoms with Gasteiger partial charge in [-0.1, -0.05) is 13.8 Å². The molecule has 18 heavy (non-hydrogen) atoms. The van der Waals surface area contributed by atoms with E-state index in [9.17, 15) is 0 Å². The average Bonchev–Trinajstić information content (AvgIpc) is 2.95. The zero-order chi connectivity index (χ0) is 13.0. The third kappa shape index (κ3) is 2.98. The lowest BCUT2D eigenvalue weighted by Gasteiger charge is -2.02. The lowest BCUT2D eigenvalue weighted by atomic mass is 10.3. The Balaban J connectivity index is 2.04. The Morgan fingerprint density at radius 3 is 2.78 bits per heavy atom. The van der Waals surface area contributed by atoms with Crippen molar-refractivity contribution >= 4 is 0 Å². The maximum absolute atomic E-state index is 4.45. The van der Waals surface area contributed by atoms with Crippen LogP contribution in [0.15, 0.2) is 18.6 Å². The van der Waals surface area contributed by atoms with E-state index in [4.69, 9.17) is 0 Å². The fraction of sp³-hybridized carbons (Fsp3) is 0.538. The van der Waals surface area contributed by atoms with Gasteiger partial charge in [0.2, 0.25) is 0 Å². The van der Waals surface area contributed by atoms with Gasteiger partial charge in [0.1, 0.15) is 0 Å². The summed E-state index contributed by atoms with van der Waals surface area (Å²) in [4.78, 5) is 4.38. The Kier molecular flexibility index (Phi) is 4.15. The Bertz CT molecular complexity index is 497. The molecular formula is C13H21N5. The Morgan fingerprint density at radius 1 is 1.28 bits per heavy atom. The lowest BCUT2D eigenvalue weighted by molar-refractivity contribution is 0.659. The molecule has 0 saturated carbocycles. The second-order valence-electron chi connectivity index (χ2n) is 4.42. The third-order valence-electron chi connectivity index (χ3n) is 2.98. The second kappa shape index (κ2) is 5.82. The van der Waals surface area contributed by atoms with Crippen molar-refractivity contribution in [3.63, 3.8) is 0 Å². The molecule has 5 nitrogen and oxygen atoms in total. The van der Waals surface area contributed by atoms with Gasteiger partial charge >= 0.3 is 0 Å². The maximum atomic E-state index is 4.45. The van der Waals surface area contributed by atoms with E-state index in [1.807, 2.05) is 18.1 Å². The summed E-state index contributed by atoms with van der Waals surface area (Å²) in [5, 5.41) is 7.73. The summed E-state index contributed by atoms with van der Waals surface area (Å²) < 4.78 is 4.05. The number of imidazole rings is 1. The monoisotopic (exact) mass is 247 g/mol. The van der Waals surface area contributed by atoms with Crippen molar-refractivity contribution in [3.05, 3.63) is 35.7 Å². The molecule has 2 rings (SSSR count). The molecule has 2 aromatic heterocycles. The van der Waals surface area contributed by atoms with E-state index >= 15 is 0 Å². The van der Waals surface area contributed by atoms with Crippen molar-refractivity contribution in [2.45, 2.75) is 33.4 Å². The van der Waals surface area contributed by atoms with E-state index < -0.39 is 0 Å². The van der Waals surface area contributed by atoms with Crippen LogP contribution < -0.4 is 5.32 Å². The number of nitrogens with zero attached hydrogens (tertiary/aromatic N) is 4. The minimum Gasteiger partial charge on any atom is -0.331 e.